The Morgan fingerprint density at radius 1 is 1.32 bits per heavy atom. The lowest BCUT2D eigenvalue weighted by Crippen LogP contribution is -2.40. The molecule has 1 aromatic carbocycles. The van der Waals surface area contributed by atoms with Crippen molar-refractivity contribution in [2.75, 3.05) is 19.6 Å². The second-order valence-corrected chi connectivity index (χ2v) is 5.79. The van der Waals surface area contributed by atoms with E-state index in [0.717, 1.165) is 39.1 Å². The van der Waals surface area contributed by atoms with E-state index in [2.05, 4.69) is 34.9 Å². The van der Waals surface area contributed by atoms with Gasteiger partial charge in [-0.15, -0.1) is 0 Å². The SMILES string of the molecule is Cc1ccc2c(c1)CN(C(=N)N1CCC(CN)C1)C2. The zero-order chi connectivity index (χ0) is 13.4. The van der Waals surface area contributed by atoms with E-state index in [0.29, 0.717) is 11.9 Å². The van der Waals surface area contributed by atoms with Crippen LogP contribution >= 0.6 is 0 Å². The standard InChI is InChI=1S/C15H22N4/c1-11-2-3-13-9-19(10-14(13)6-11)15(17)18-5-4-12(7-16)8-18/h2-3,6,12,17H,4-5,7-10,16H2,1H3. The molecule has 0 aliphatic carbocycles. The fourth-order valence-corrected chi connectivity index (χ4v) is 3.09. The first-order valence-electron chi connectivity index (χ1n) is 7.04. The number of nitrogens with zero attached hydrogens (tertiary/aromatic N) is 2. The van der Waals surface area contributed by atoms with Crippen molar-refractivity contribution in [3.8, 4) is 0 Å². The molecule has 0 aromatic heterocycles. The number of aryl methyl sites for hydroxylation is 1. The first-order chi connectivity index (χ1) is 9.17. The molecule has 3 N–H and O–H groups in total. The summed E-state index contributed by atoms with van der Waals surface area (Å²) in [7, 11) is 0. The van der Waals surface area contributed by atoms with Crippen LogP contribution in [0, 0.1) is 18.3 Å². The van der Waals surface area contributed by atoms with Crippen LogP contribution in [0.1, 0.15) is 23.1 Å². The third-order valence-corrected chi connectivity index (χ3v) is 4.30. The van der Waals surface area contributed by atoms with Gasteiger partial charge in [-0.05, 0) is 36.9 Å². The Hall–Kier alpha value is -1.55. The predicted molar refractivity (Wildman–Crippen MR) is 76.9 cm³/mol. The number of hydrogen-bond donors (Lipinski definition) is 2. The highest BCUT2D eigenvalue weighted by Crippen LogP contribution is 2.26. The summed E-state index contributed by atoms with van der Waals surface area (Å²) in [5.74, 6) is 1.23. The van der Waals surface area contributed by atoms with Gasteiger partial charge in [-0.25, -0.2) is 0 Å². The molecule has 1 saturated heterocycles. The molecule has 1 atom stereocenters. The number of benzene rings is 1. The van der Waals surface area contributed by atoms with E-state index in [4.69, 9.17) is 11.1 Å². The van der Waals surface area contributed by atoms with Gasteiger partial charge in [0.25, 0.3) is 0 Å². The van der Waals surface area contributed by atoms with Gasteiger partial charge < -0.3 is 15.5 Å². The second kappa shape index (κ2) is 4.85. The van der Waals surface area contributed by atoms with Crippen LogP contribution in [-0.2, 0) is 13.1 Å². The number of rotatable bonds is 1. The average Bonchev–Trinajstić information content (AvgIpc) is 3.03. The third-order valence-electron chi connectivity index (χ3n) is 4.30. The Morgan fingerprint density at radius 3 is 2.84 bits per heavy atom. The van der Waals surface area contributed by atoms with E-state index in [1.54, 1.807) is 0 Å². The van der Waals surface area contributed by atoms with Crippen molar-refractivity contribution in [2.24, 2.45) is 11.7 Å². The number of nitrogens with two attached hydrogens (primary N) is 1. The zero-order valence-electron chi connectivity index (χ0n) is 11.5. The lowest BCUT2D eigenvalue weighted by molar-refractivity contribution is 0.346. The predicted octanol–water partition coefficient (Wildman–Crippen LogP) is 1.53. The number of hydrogen-bond acceptors (Lipinski definition) is 2. The fraction of sp³-hybridized carbons (Fsp3) is 0.533. The van der Waals surface area contributed by atoms with E-state index in [-0.39, 0.29) is 0 Å². The van der Waals surface area contributed by atoms with Crippen molar-refractivity contribution in [1.29, 1.82) is 5.41 Å². The van der Waals surface area contributed by atoms with Crippen LogP contribution in [0.3, 0.4) is 0 Å². The zero-order valence-corrected chi connectivity index (χ0v) is 11.5. The van der Waals surface area contributed by atoms with Gasteiger partial charge in [-0.1, -0.05) is 23.8 Å². The molecule has 1 unspecified atom stereocenters. The van der Waals surface area contributed by atoms with Gasteiger partial charge in [0, 0.05) is 26.2 Å². The molecule has 0 bridgehead atoms. The molecule has 2 heterocycles. The number of fused-ring (bicyclic) bond motifs is 1. The monoisotopic (exact) mass is 258 g/mol. The molecule has 2 aliphatic rings. The summed E-state index contributed by atoms with van der Waals surface area (Å²) in [6.07, 6.45) is 1.12. The van der Waals surface area contributed by atoms with Gasteiger partial charge >= 0.3 is 0 Å². The Balaban J connectivity index is 1.68. The minimum absolute atomic E-state index is 0.563. The Labute approximate surface area is 114 Å². The van der Waals surface area contributed by atoms with Crippen molar-refractivity contribution >= 4 is 5.96 Å². The van der Waals surface area contributed by atoms with Crippen molar-refractivity contribution in [3.05, 3.63) is 34.9 Å². The first-order valence-corrected chi connectivity index (χ1v) is 7.04. The van der Waals surface area contributed by atoms with Crippen molar-refractivity contribution in [3.63, 3.8) is 0 Å². The molecular formula is C15H22N4. The Kier molecular flexibility index (Phi) is 3.19. The molecule has 1 fully saturated rings. The van der Waals surface area contributed by atoms with Crippen molar-refractivity contribution in [1.82, 2.24) is 9.80 Å². The lowest BCUT2D eigenvalue weighted by atomic mass is 10.1. The molecule has 4 heteroatoms. The lowest BCUT2D eigenvalue weighted by Gasteiger charge is -2.27. The summed E-state index contributed by atoms with van der Waals surface area (Å²) in [6.45, 7) is 6.54. The maximum atomic E-state index is 8.39. The van der Waals surface area contributed by atoms with Crippen LogP contribution in [0.25, 0.3) is 0 Å². The van der Waals surface area contributed by atoms with Gasteiger partial charge in [0.1, 0.15) is 0 Å². The summed E-state index contributed by atoms with van der Waals surface area (Å²) in [5, 5.41) is 8.39. The maximum absolute atomic E-state index is 8.39. The van der Waals surface area contributed by atoms with Crippen LogP contribution in [0.15, 0.2) is 18.2 Å². The van der Waals surface area contributed by atoms with Crippen LogP contribution in [-0.4, -0.2) is 35.4 Å². The summed E-state index contributed by atoms with van der Waals surface area (Å²) in [4.78, 5) is 4.35. The molecule has 2 aliphatic heterocycles. The minimum Gasteiger partial charge on any atom is -0.343 e. The van der Waals surface area contributed by atoms with E-state index in [9.17, 15) is 0 Å². The average molecular weight is 258 g/mol. The minimum atomic E-state index is 0.563. The largest absolute Gasteiger partial charge is 0.343 e. The highest BCUT2D eigenvalue weighted by Gasteiger charge is 2.29. The Morgan fingerprint density at radius 2 is 2.11 bits per heavy atom. The first kappa shape index (κ1) is 12.5. The van der Waals surface area contributed by atoms with Gasteiger partial charge in [0.2, 0.25) is 0 Å². The molecule has 19 heavy (non-hydrogen) atoms. The number of guanidine groups is 1. The molecule has 0 spiro atoms. The number of nitrogens with one attached hydrogen (secondary N) is 1. The Bertz CT molecular complexity index is 497. The second-order valence-electron chi connectivity index (χ2n) is 5.79. The fourth-order valence-electron chi connectivity index (χ4n) is 3.09. The van der Waals surface area contributed by atoms with Crippen LogP contribution in [0.2, 0.25) is 0 Å². The topological polar surface area (TPSA) is 56.4 Å². The van der Waals surface area contributed by atoms with Crippen LogP contribution in [0.4, 0.5) is 0 Å². The van der Waals surface area contributed by atoms with Crippen molar-refractivity contribution in [2.45, 2.75) is 26.4 Å². The van der Waals surface area contributed by atoms with E-state index in [1.807, 2.05) is 0 Å². The van der Waals surface area contributed by atoms with Crippen molar-refractivity contribution < 1.29 is 0 Å². The van der Waals surface area contributed by atoms with Gasteiger partial charge in [-0.2, -0.15) is 0 Å². The third kappa shape index (κ3) is 2.32. The van der Waals surface area contributed by atoms with E-state index >= 15 is 0 Å². The molecule has 0 saturated carbocycles. The van der Waals surface area contributed by atoms with Gasteiger partial charge in [0.15, 0.2) is 5.96 Å². The summed E-state index contributed by atoms with van der Waals surface area (Å²) >= 11 is 0. The molecule has 3 rings (SSSR count). The van der Waals surface area contributed by atoms with Gasteiger partial charge in [0.05, 0.1) is 0 Å². The van der Waals surface area contributed by atoms with Crippen LogP contribution < -0.4 is 5.73 Å². The summed E-state index contributed by atoms with van der Waals surface area (Å²) in [5.41, 5.74) is 9.77. The quantitative estimate of drug-likeness (QED) is 0.593. The summed E-state index contributed by atoms with van der Waals surface area (Å²) < 4.78 is 0. The van der Waals surface area contributed by atoms with E-state index in [1.165, 1.54) is 16.7 Å². The van der Waals surface area contributed by atoms with E-state index < -0.39 is 0 Å². The molecule has 0 radical (unpaired) electrons. The molecule has 0 amide bonds. The molecule has 1 aromatic rings. The maximum Gasteiger partial charge on any atom is 0.194 e. The van der Waals surface area contributed by atoms with Crippen LogP contribution in [0.5, 0.6) is 0 Å². The number of likely N-dealkylation sites (tertiary alicyclic amines) is 1. The molecule has 4 nitrogen and oxygen atoms in total. The highest BCUT2D eigenvalue weighted by molar-refractivity contribution is 5.78. The smallest absolute Gasteiger partial charge is 0.194 e. The summed E-state index contributed by atoms with van der Waals surface area (Å²) in [6, 6.07) is 6.60. The normalized spacial score (nSPS) is 21.9. The van der Waals surface area contributed by atoms with Gasteiger partial charge in [-0.3, -0.25) is 5.41 Å². The molecule has 102 valence electrons. The highest BCUT2D eigenvalue weighted by atomic mass is 15.4. The molecular weight excluding hydrogens is 236 g/mol.